The van der Waals surface area contributed by atoms with Crippen molar-refractivity contribution in [2.24, 2.45) is 16.8 Å². The van der Waals surface area contributed by atoms with E-state index >= 15 is 0 Å². The first-order chi connectivity index (χ1) is 7.61. The number of amidine groups is 1. The number of nitrogens with two attached hydrogens (primary N) is 1. The predicted molar refractivity (Wildman–Crippen MR) is 64.5 cm³/mol. The first kappa shape index (κ1) is 15.7. The molecule has 0 aliphatic carbocycles. The van der Waals surface area contributed by atoms with E-state index in [0.29, 0.717) is 0 Å². The summed E-state index contributed by atoms with van der Waals surface area (Å²) in [7, 11) is -1.93. The van der Waals surface area contributed by atoms with Crippen molar-refractivity contribution in [1.29, 1.82) is 0 Å². The van der Waals surface area contributed by atoms with Crippen LogP contribution in [-0.2, 0) is 14.6 Å². The summed E-state index contributed by atoms with van der Waals surface area (Å²) in [5, 5.41) is 10.2. The van der Waals surface area contributed by atoms with E-state index in [1.807, 2.05) is 0 Å². The van der Waals surface area contributed by atoms with Crippen LogP contribution in [0.5, 0.6) is 0 Å². The van der Waals surface area contributed by atoms with Gasteiger partial charge in [0, 0.05) is 25.8 Å². The van der Waals surface area contributed by atoms with E-state index in [2.05, 4.69) is 5.16 Å². The molecule has 0 spiro atoms. The molecule has 0 bridgehead atoms. The lowest BCUT2D eigenvalue weighted by Crippen LogP contribution is -2.42. The Morgan fingerprint density at radius 3 is 2.29 bits per heavy atom. The van der Waals surface area contributed by atoms with E-state index in [0.717, 1.165) is 6.26 Å². The Bertz CT molecular complexity index is 404. The molecule has 2 atom stereocenters. The first-order valence-corrected chi connectivity index (χ1v) is 6.98. The van der Waals surface area contributed by atoms with Gasteiger partial charge in [-0.25, -0.2) is 8.42 Å². The summed E-state index contributed by atoms with van der Waals surface area (Å²) in [5.74, 6) is -0.859. The lowest BCUT2D eigenvalue weighted by molar-refractivity contribution is -0.129. The summed E-state index contributed by atoms with van der Waals surface area (Å²) in [5.41, 5.74) is 5.37. The average Bonchev–Trinajstić information content (AvgIpc) is 2.24. The quantitative estimate of drug-likeness (QED) is 0.294. The van der Waals surface area contributed by atoms with Crippen molar-refractivity contribution in [3.8, 4) is 0 Å². The average molecular weight is 265 g/mol. The van der Waals surface area contributed by atoms with Gasteiger partial charge in [0.25, 0.3) is 0 Å². The fourth-order valence-electron chi connectivity index (χ4n) is 1.19. The van der Waals surface area contributed by atoms with Crippen molar-refractivity contribution in [2.75, 3.05) is 19.8 Å². The number of rotatable bonds is 5. The van der Waals surface area contributed by atoms with Crippen LogP contribution < -0.4 is 5.73 Å². The van der Waals surface area contributed by atoms with Crippen LogP contribution in [0, 0.1) is 5.92 Å². The Labute approximate surface area is 101 Å². The molecule has 0 heterocycles. The highest BCUT2D eigenvalue weighted by atomic mass is 32.2. The summed E-state index contributed by atoms with van der Waals surface area (Å²) in [6, 6.07) is 0. The Morgan fingerprint density at radius 1 is 1.47 bits per heavy atom. The summed E-state index contributed by atoms with van der Waals surface area (Å²) >= 11 is 0. The second kappa shape index (κ2) is 5.85. The van der Waals surface area contributed by atoms with Gasteiger partial charge in [-0.3, -0.25) is 4.79 Å². The first-order valence-electron chi connectivity index (χ1n) is 5.02. The van der Waals surface area contributed by atoms with Gasteiger partial charge in [0.15, 0.2) is 9.84 Å². The number of carbonyl (C=O) groups excluding carboxylic acids is 1. The van der Waals surface area contributed by atoms with Crippen molar-refractivity contribution < 1.29 is 18.4 Å². The zero-order valence-electron chi connectivity index (χ0n) is 10.4. The van der Waals surface area contributed by atoms with Crippen LogP contribution in [0.1, 0.15) is 13.8 Å². The molecule has 7 nitrogen and oxygen atoms in total. The van der Waals surface area contributed by atoms with Crippen LogP contribution in [0.3, 0.4) is 0 Å². The van der Waals surface area contributed by atoms with Crippen molar-refractivity contribution in [3.63, 3.8) is 0 Å². The number of carbonyl (C=O) groups is 1. The highest BCUT2D eigenvalue weighted by molar-refractivity contribution is 7.92. The number of hydrogen-bond acceptors (Lipinski definition) is 5. The van der Waals surface area contributed by atoms with Crippen LogP contribution in [-0.4, -0.2) is 55.4 Å². The number of oxime groups is 1. The highest BCUT2D eigenvalue weighted by Gasteiger charge is 2.27. The highest BCUT2D eigenvalue weighted by Crippen LogP contribution is 2.05. The fraction of sp³-hybridized carbons (Fsp3) is 0.778. The second-order valence-corrected chi connectivity index (χ2v) is 6.48. The smallest absolute Gasteiger partial charge is 0.240 e. The van der Waals surface area contributed by atoms with Crippen LogP contribution in [0.2, 0.25) is 0 Å². The van der Waals surface area contributed by atoms with Crippen molar-refractivity contribution in [3.05, 3.63) is 0 Å². The molecule has 0 fully saturated rings. The topological polar surface area (TPSA) is 113 Å². The van der Waals surface area contributed by atoms with Crippen LogP contribution in [0.4, 0.5) is 0 Å². The van der Waals surface area contributed by atoms with E-state index in [9.17, 15) is 13.2 Å². The second-order valence-electron chi connectivity index (χ2n) is 4.12. The number of sulfone groups is 1. The molecule has 0 aliphatic heterocycles. The van der Waals surface area contributed by atoms with E-state index in [1.165, 1.54) is 18.9 Å². The molecule has 1 amide bonds. The zero-order valence-corrected chi connectivity index (χ0v) is 11.2. The molecule has 0 aromatic heterocycles. The van der Waals surface area contributed by atoms with Crippen LogP contribution in [0.15, 0.2) is 5.16 Å². The van der Waals surface area contributed by atoms with E-state index in [4.69, 9.17) is 10.9 Å². The molecule has 0 aromatic carbocycles. The third kappa shape index (κ3) is 4.59. The minimum absolute atomic E-state index is 0.00309. The van der Waals surface area contributed by atoms with Gasteiger partial charge in [0.2, 0.25) is 5.91 Å². The molecular weight excluding hydrogens is 246 g/mol. The molecule has 8 heteroatoms. The maximum atomic E-state index is 11.7. The molecule has 0 rings (SSSR count). The minimum atomic E-state index is -3.41. The van der Waals surface area contributed by atoms with Gasteiger partial charge in [-0.2, -0.15) is 0 Å². The molecule has 0 radical (unpaired) electrons. The number of hydrogen-bond donors (Lipinski definition) is 2. The zero-order chi connectivity index (χ0) is 13.8. The summed E-state index contributed by atoms with van der Waals surface area (Å²) in [6.07, 6.45) is 1.01. The Kier molecular flexibility index (Phi) is 5.40. The summed E-state index contributed by atoms with van der Waals surface area (Å²) in [4.78, 5) is 13.0. The third-order valence-corrected chi connectivity index (χ3v) is 4.02. The van der Waals surface area contributed by atoms with E-state index < -0.39 is 21.0 Å². The van der Waals surface area contributed by atoms with Gasteiger partial charge >= 0.3 is 0 Å². The third-order valence-electron chi connectivity index (χ3n) is 2.53. The van der Waals surface area contributed by atoms with Gasteiger partial charge < -0.3 is 15.8 Å². The largest absolute Gasteiger partial charge is 0.409 e. The standard InChI is InChI=1S/C9H19N3O4S/c1-6(8(10)11-14)5-12(3)9(13)7(2)17(4,15)16/h6-7,14H,5H2,1-4H3,(H2,10,11). The Balaban J connectivity index is 4.64. The molecule has 3 N–H and O–H groups in total. The monoisotopic (exact) mass is 265 g/mol. The van der Waals surface area contributed by atoms with Gasteiger partial charge in [-0.05, 0) is 6.92 Å². The molecule has 0 saturated carbocycles. The Hall–Kier alpha value is -1.31. The van der Waals surface area contributed by atoms with Crippen molar-refractivity contribution in [1.82, 2.24) is 4.90 Å². The lowest BCUT2D eigenvalue weighted by atomic mass is 10.1. The van der Waals surface area contributed by atoms with Crippen molar-refractivity contribution >= 4 is 21.6 Å². The Morgan fingerprint density at radius 2 is 1.94 bits per heavy atom. The molecular formula is C9H19N3O4S. The molecule has 100 valence electrons. The maximum Gasteiger partial charge on any atom is 0.240 e. The fourth-order valence-corrected chi connectivity index (χ4v) is 1.73. The SMILES string of the molecule is CC(CN(C)C(=O)C(C)S(C)(=O)=O)C(N)=NO. The molecule has 0 saturated heterocycles. The molecule has 0 aromatic rings. The lowest BCUT2D eigenvalue weighted by Gasteiger charge is -2.23. The normalized spacial score (nSPS) is 16.4. The predicted octanol–water partition coefficient (Wildman–Crippen LogP) is -0.740. The van der Waals surface area contributed by atoms with E-state index in [-0.39, 0.29) is 18.3 Å². The summed E-state index contributed by atoms with van der Waals surface area (Å²) < 4.78 is 22.4. The maximum absolute atomic E-state index is 11.7. The van der Waals surface area contributed by atoms with Crippen LogP contribution >= 0.6 is 0 Å². The summed E-state index contributed by atoms with van der Waals surface area (Å²) in [6.45, 7) is 3.20. The molecule has 2 unspecified atom stereocenters. The van der Waals surface area contributed by atoms with Gasteiger partial charge in [-0.1, -0.05) is 12.1 Å². The molecule has 17 heavy (non-hydrogen) atoms. The van der Waals surface area contributed by atoms with Gasteiger partial charge in [0.1, 0.15) is 11.1 Å². The van der Waals surface area contributed by atoms with Crippen LogP contribution in [0.25, 0.3) is 0 Å². The van der Waals surface area contributed by atoms with E-state index in [1.54, 1.807) is 6.92 Å². The van der Waals surface area contributed by atoms with Crippen molar-refractivity contribution in [2.45, 2.75) is 19.1 Å². The number of nitrogens with zero attached hydrogens (tertiary/aromatic N) is 2. The van der Waals surface area contributed by atoms with Gasteiger partial charge in [0.05, 0.1) is 0 Å². The number of amides is 1. The molecule has 0 aliphatic rings. The van der Waals surface area contributed by atoms with Gasteiger partial charge in [-0.15, -0.1) is 0 Å². The minimum Gasteiger partial charge on any atom is -0.409 e.